The molecule has 2 amide bonds. The molecular formula is C22H25ClN2O3. The number of carbonyl (C=O) groups is 2. The predicted octanol–water partition coefficient (Wildman–Crippen LogP) is 3.92. The summed E-state index contributed by atoms with van der Waals surface area (Å²) >= 11 is 6.19. The van der Waals surface area contributed by atoms with E-state index >= 15 is 0 Å². The minimum atomic E-state index is -0.643. The number of halogens is 1. The van der Waals surface area contributed by atoms with Crippen molar-refractivity contribution in [2.75, 3.05) is 13.7 Å². The summed E-state index contributed by atoms with van der Waals surface area (Å²) in [5.74, 6) is 0.262. The maximum Gasteiger partial charge on any atom is 0.245 e. The fraction of sp³-hybridized carbons (Fsp3) is 0.273. The molecule has 0 saturated heterocycles. The number of nitrogens with one attached hydrogen (secondary N) is 1. The first-order chi connectivity index (χ1) is 13.4. The second kappa shape index (κ2) is 10.5. The first kappa shape index (κ1) is 21.5. The number of carbonyl (C=O) groups excluding carboxylic acids is 2. The third kappa shape index (κ3) is 6.13. The number of hydrogen-bond acceptors (Lipinski definition) is 3. The number of hydrogen-bond donors (Lipinski definition) is 1. The molecule has 6 heteroatoms. The van der Waals surface area contributed by atoms with Gasteiger partial charge < -0.3 is 15.0 Å². The van der Waals surface area contributed by atoms with Gasteiger partial charge in [-0.3, -0.25) is 9.59 Å². The Morgan fingerprint density at radius 1 is 1.18 bits per heavy atom. The van der Waals surface area contributed by atoms with Gasteiger partial charge in [0.25, 0.3) is 0 Å². The number of methoxy groups -OCH3 is 1. The lowest BCUT2D eigenvalue weighted by atomic mass is 10.2. The SMILES string of the molecule is CCN(Cc1ccccc1Cl)C(=O)C(C)NC(=O)C=Cc1ccc(OC)cc1. The number of ether oxygens (including phenoxy) is 1. The minimum Gasteiger partial charge on any atom is -0.497 e. The van der Waals surface area contributed by atoms with Crippen LogP contribution in [0.1, 0.15) is 25.0 Å². The van der Waals surface area contributed by atoms with Crippen molar-refractivity contribution < 1.29 is 14.3 Å². The summed E-state index contributed by atoms with van der Waals surface area (Å²) in [5.41, 5.74) is 1.74. The fourth-order valence-electron chi connectivity index (χ4n) is 2.66. The largest absolute Gasteiger partial charge is 0.497 e. The maximum absolute atomic E-state index is 12.7. The van der Waals surface area contributed by atoms with E-state index in [1.165, 1.54) is 6.08 Å². The highest BCUT2D eigenvalue weighted by Crippen LogP contribution is 2.17. The number of amides is 2. The van der Waals surface area contributed by atoms with Crippen LogP contribution in [0.25, 0.3) is 6.08 Å². The zero-order chi connectivity index (χ0) is 20.5. The van der Waals surface area contributed by atoms with Crippen LogP contribution in [-0.2, 0) is 16.1 Å². The topological polar surface area (TPSA) is 58.6 Å². The lowest BCUT2D eigenvalue weighted by Crippen LogP contribution is -2.46. The number of nitrogens with zero attached hydrogens (tertiary/aromatic N) is 1. The van der Waals surface area contributed by atoms with Crippen molar-refractivity contribution >= 4 is 29.5 Å². The zero-order valence-corrected chi connectivity index (χ0v) is 17.1. The highest BCUT2D eigenvalue weighted by molar-refractivity contribution is 6.31. The van der Waals surface area contributed by atoms with Crippen LogP contribution >= 0.6 is 11.6 Å². The maximum atomic E-state index is 12.7. The first-order valence-corrected chi connectivity index (χ1v) is 9.47. The summed E-state index contributed by atoms with van der Waals surface area (Å²) in [6.45, 7) is 4.49. The Morgan fingerprint density at radius 2 is 1.86 bits per heavy atom. The summed E-state index contributed by atoms with van der Waals surface area (Å²) in [4.78, 5) is 26.5. The Balaban J connectivity index is 1.94. The number of likely N-dealkylation sites (N-methyl/N-ethyl adjacent to an activating group) is 1. The van der Waals surface area contributed by atoms with Crippen molar-refractivity contribution in [2.45, 2.75) is 26.4 Å². The molecule has 0 aliphatic carbocycles. The number of benzene rings is 2. The highest BCUT2D eigenvalue weighted by atomic mass is 35.5. The van der Waals surface area contributed by atoms with E-state index in [4.69, 9.17) is 16.3 Å². The van der Waals surface area contributed by atoms with Gasteiger partial charge in [-0.1, -0.05) is 41.9 Å². The predicted molar refractivity (Wildman–Crippen MR) is 112 cm³/mol. The normalized spacial score (nSPS) is 11.9. The van der Waals surface area contributed by atoms with Gasteiger partial charge in [0.15, 0.2) is 0 Å². The molecule has 1 atom stereocenters. The quantitative estimate of drug-likeness (QED) is 0.683. The van der Waals surface area contributed by atoms with Crippen LogP contribution in [-0.4, -0.2) is 36.4 Å². The smallest absolute Gasteiger partial charge is 0.245 e. The molecule has 0 bridgehead atoms. The lowest BCUT2D eigenvalue weighted by Gasteiger charge is -2.25. The molecule has 0 aromatic heterocycles. The van der Waals surface area contributed by atoms with E-state index in [1.54, 1.807) is 31.1 Å². The van der Waals surface area contributed by atoms with Gasteiger partial charge in [-0.15, -0.1) is 0 Å². The standard InChI is InChI=1S/C22H25ClN2O3/c1-4-25(15-18-7-5-6-8-20(18)23)22(27)16(2)24-21(26)14-11-17-9-12-19(28-3)13-10-17/h5-14,16H,4,15H2,1-3H3,(H,24,26). The van der Waals surface area contributed by atoms with E-state index in [9.17, 15) is 9.59 Å². The summed E-state index contributed by atoms with van der Waals surface area (Å²) < 4.78 is 5.10. The Kier molecular flexibility index (Phi) is 8.08. The zero-order valence-electron chi connectivity index (χ0n) is 16.3. The van der Waals surface area contributed by atoms with Crippen molar-refractivity contribution in [1.82, 2.24) is 10.2 Å². The highest BCUT2D eigenvalue weighted by Gasteiger charge is 2.21. The summed E-state index contributed by atoms with van der Waals surface area (Å²) in [6, 6.07) is 14.1. The first-order valence-electron chi connectivity index (χ1n) is 9.09. The van der Waals surface area contributed by atoms with Crippen LogP contribution in [0.15, 0.2) is 54.6 Å². The van der Waals surface area contributed by atoms with E-state index in [-0.39, 0.29) is 11.8 Å². The molecule has 2 aromatic rings. The average molecular weight is 401 g/mol. The van der Waals surface area contributed by atoms with E-state index in [0.717, 1.165) is 16.9 Å². The molecule has 148 valence electrons. The van der Waals surface area contributed by atoms with Gasteiger partial charge in [0.05, 0.1) is 7.11 Å². The molecule has 0 fully saturated rings. The molecule has 5 nitrogen and oxygen atoms in total. The van der Waals surface area contributed by atoms with Crippen LogP contribution in [0.4, 0.5) is 0 Å². The second-order valence-corrected chi connectivity index (χ2v) is 6.69. The van der Waals surface area contributed by atoms with Gasteiger partial charge in [0.2, 0.25) is 11.8 Å². The third-order valence-electron chi connectivity index (χ3n) is 4.28. The molecule has 2 rings (SSSR count). The Hall–Kier alpha value is -2.79. The van der Waals surface area contributed by atoms with Crippen LogP contribution in [0.3, 0.4) is 0 Å². The van der Waals surface area contributed by atoms with Crippen molar-refractivity contribution in [3.63, 3.8) is 0 Å². The molecule has 0 spiro atoms. The summed E-state index contributed by atoms with van der Waals surface area (Å²) in [7, 11) is 1.60. The number of rotatable bonds is 8. The Labute approximate surface area is 170 Å². The van der Waals surface area contributed by atoms with Gasteiger partial charge in [-0.25, -0.2) is 0 Å². The van der Waals surface area contributed by atoms with Crippen molar-refractivity contribution in [1.29, 1.82) is 0 Å². The van der Waals surface area contributed by atoms with Crippen molar-refractivity contribution in [3.8, 4) is 5.75 Å². The molecule has 0 heterocycles. The van der Waals surface area contributed by atoms with Crippen LogP contribution in [0, 0.1) is 0 Å². The van der Waals surface area contributed by atoms with Crippen molar-refractivity contribution in [2.24, 2.45) is 0 Å². The monoisotopic (exact) mass is 400 g/mol. The molecule has 2 aromatic carbocycles. The molecule has 28 heavy (non-hydrogen) atoms. The van der Waals surface area contributed by atoms with E-state index < -0.39 is 6.04 Å². The molecule has 1 unspecified atom stereocenters. The van der Waals surface area contributed by atoms with Gasteiger partial charge in [-0.2, -0.15) is 0 Å². The molecular weight excluding hydrogens is 376 g/mol. The summed E-state index contributed by atoms with van der Waals surface area (Å²) in [6.07, 6.45) is 3.10. The van der Waals surface area contributed by atoms with Gasteiger partial charge >= 0.3 is 0 Å². The van der Waals surface area contributed by atoms with Gasteiger partial charge in [0, 0.05) is 24.2 Å². The fourth-order valence-corrected chi connectivity index (χ4v) is 2.86. The van der Waals surface area contributed by atoms with E-state index in [2.05, 4.69) is 5.32 Å². The second-order valence-electron chi connectivity index (χ2n) is 6.28. The average Bonchev–Trinajstić information content (AvgIpc) is 2.71. The third-order valence-corrected chi connectivity index (χ3v) is 4.65. The van der Waals surface area contributed by atoms with Crippen LogP contribution < -0.4 is 10.1 Å². The molecule has 0 aliphatic heterocycles. The summed E-state index contributed by atoms with van der Waals surface area (Å²) in [5, 5.41) is 3.33. The molecule has 0 saturated carbocycles. The van der Waals surface area contributed by atoms with Gasteiger partial charge in [0.1, 0.15) is 11.8 Å². The Bertz CT molecular complexity index is 834. The van der Waals surface area contributed by atoms with E-state index in [1.807, 2.05) is 49.4 Å². The van der Waals surface area contributed by atoms with Crippen LogP contribution in [0.2, 0.25) is 5.02 Å². The molecule has 0 radical (unpaired) electrons. The van der Waals surface area contributed by atoms with Gasteiger partial charge in [-0.05, 0) is 49.2 Å². The molecule has 1 N–H and O–H groups in total. The Morgan fingerprint density at radius 3 is 2.46 bits per heavy atom. The minimum absolute atomic E-state index is 0.159. The van der Waals surface area contributed by atoms with Crippen LogP contribution in [0.5, 0.6) is 5.75 Å². The van der Waals surface area contributed by atoms with Crippen molar-refractivity contribution in [3.05, 3.63) is 70.8 Å². The van der Waals surface area contributed by atoms with E-state index in [0.29, 0.717) is 18.1 Å². The lowest BCUT2D eigenvalue weighted by molar-refractivity contribution is -0.135. The molecule has 0 aliphatic rings.